The first kappa shape index (κ1) is 8.36. The fourth-order valence-electron chi connectivity index (χ4n) is 1.39. The molecule has 1 fully saturated rings. The van der Waals surface area contributed by atoms with Crippen molar-refractivity contribution in [2.45, 2.75) is 32.3 Å². The highest BCUT2D eigenvalue weighted by Crippen LogP contribution is 2.39. The summed E-state index contributed by atoms with van der Waals surface area (Å²) < 4.78 is 0. The van der Waals surface area contributed by atoms with Crippen LogP contribution in [0.25, 0.3) is 0 Å². The zero-order valence-corrected chi connectivity index (χ0v) is 7.09. The van der Waals surface area contributed by atoms with Crippen molar-refractivity contribution in [3.05, 3.63) is 11.6 Å². The van der Waals surface area contributed by atoms with E-state index in [1.165, 1.54) is 5.57 Å². The molecule has 1 aliphatic carbocycles. The number of terminal acetylenes is 1. The van der Waals surface area contributed by atoms with Gasteiger partial charge in [0.25, 0.3) is 0 Å². The Morgan fingerprint density at radius 2 is 2.36 bits per heavy atom. The molecular weight excluding hydrogens is 136 g/mol. The van der Waals surface area contributed by atoms with E-state index in [-0.39, 0.29) is 5.92 Å². The maximum atomic E-state index is 9.65. The molecule has 1 N–H and O–H groups in total. The number of rotatable bonds is 1. The van der Waals surface area contributed by atoms with Crippen LogP contribution >= 0.6 is 0 Å². The highest BCUT2D eigenvalue weighted by molar-refractivity contribution is 5.22. The summed E-state index contributed by atoms with van der Waals surface area (Å²) in [6.07, 6.45) is 9.03. The van der Waals surface area contributed by atoms with Crippen molar-refractivity contribution >= 4 is 0 Å². The van der Waals surface area contributed by atoms with Gasteiger partial charge in [-0.3, -0.25) is 0 Å². The Labute approximate surface area is 68.1 Å². The molecule has 0 amide bonds. The summed E-state index contributed by atoms with van der Waals surface area (Å²) in [7, 11) is 0. The van der Waals surface area contributed by atoms with Crippen LogP contribution in [0.1, 0.15) is 26.7 Å². The van der Waals surface area contributed by atoms with Gasteiger partial charge in [0.1, 0.15) is 5.60 Å². The lowest BCUT2D eigenvalue weighted by Gasteiger charge is -2.39. The van der Waals surface area contributed by atoms with Crippen molar-refractivity contribution < 1.29 is 5.11 Å². The van der Waals surface area contributed by atoms with Gasteiger partial charge in [-0.1, -0.05) is 17.6 Å². The van der Waals surface area contributed by atoms with Gasteiger partial charge in [-0.2, -0.15) is 0 Å². The first-order valence-electron chi connectivity index (χ1n) is 3.93. The molecule has 1 aliphatic rings. The van der Waals surface area contributed by atoms with E-state index in [4.69, 9.17) is 6.42 Å². The van der Waals surface area contributed by atoms with Crippen molar-refractivity contribution in [3.63, 3.8) is 0 Å². The molecule has 11 heavy (non-hydrogen) atoms. The second-order valence-electron chi connectivity index (χ2n) is 3.46. The Balaban J connectivity index is 2.65. The highest BCUT2D eigenvalue weighted by Gasteiger charge is 2.41. The molecule has 1 rings (SSSR count). The molecular formula is C10H14O. The van der Waals surface area contributed by atoms with E-state index >= 15 is 0 Å². The molecule has 1 saturated carbocycles. The standard InChI is InChI=1S/C10H14O/c1-4-10(11)6-5-9(10)7-8(2)3/h1,7,9,11H,5-6H2,2-3H3. The molecule has 0 bridgehead atoms. The maximum Gasteiger partial charge on any atom is 0.131 e. The Morgan fingerprint density at radius 3 is 2.64 bits per heavy atom. The van der Waals surface area contributed by atoms with E-state index in [9.17, 15) is 5.11 Å². The topological polar surface area (TPSA) is 20.2 Å². The predicted molar refractivity (Wildman–Crippen MR) is 45.9 cm³/mol. The van der Waals surface area contributed by atoms with Crippen LogP contribution in [-0.4, -0.2) is 10.7 Å². The molecule has 0 aromatic carbocycles. The van der Waals surface area contributed by atoms with Gasteiger partial charge in [0.15, 0.2) is 0 Å². The fraction of sp³-hybridized carbons (Fsp3) is 0.600. The van der Waals surface area contributed by atoms with Crippen LogP contribution in [0.3, 0.4) is 0 Å². The van der Waals surface area contributed by atoms with E-state index in [0.29, 0.717) is 0 Å². The molecule has 0 aromatic rings. The van der Waals surface area contributed by atoms with Crippen molar-refractivity contribution in [2.75, 3.05) is 0 Å². The van der Waals surface area contributed by atoms with Crippen molar-refractivity contribution in [2.24, 2.45) is 5.92 Å². The van der Waals surface area contributed by atoms with Crippen LogP contribution in [0.5, 0.6) is 0 Å². The minimum Gasteiger partial charge on any atom is -0.377 e. The second kappa shape index (κ2) is 2.71. The van der Waals surface area contributed by atoms with Crippen LogP contribution < -0.4 is 0 Å². The third kappa shape index (κ3) is 1.46. The third-order valence-electron chi connectivity index (χ3n) is 2.23. The quantitative estimate of drug-likeness (QED) is 0.446. The number of aliphatic hydroxyl groups is 1. The van der Waals surface area contributed by atoms with Crippen LogP contribution in [0.4, 0.5) is 0 Å². The molecule has 2 atom stereocenters. The van der Waals surface area contributed by atoms with Gasteiger partial charge in [-0.15, -0.1) is 6.42 Å². The average molecular weight is 150 g/mol. The van der Waals surface area contributed by atoms with E-state index < -0.39 is 5.60 Å². The molecule has 1 heteroatoms. The average Bonchev–Trinajstić information content (AvgIpc) is 1.96. The van der Waals surface area contributed by atoms with Crippen molar-refractivity contribution in [1.82, 2.24) is 0 Å². The fourth-order valence-corrected chi connectivity index (χ4v) is 1.39. The van der Waals surface area contributed by atoms with E-state index in [1.54, 1.807) is 0 Å². The second-order valence-corrected chi connectivity index (χ2v) is 3.46. The lowest BCUT2D eigenvalue weighted by atomic mass is 9.69. The molecule has 0 saturated heterocycles. The summed E-state index contributed by atoms with van der Waals surface area (Å²) >= 11 is 0. The van der Waals surface area contributed by atoms with Crippen LogP contribution in [0.2, 0.25) is 0 Å². The van der Waals surface area contributed by atoms with Gasteiger partial charge >= 0.3 is 0 Å². The summed E-state index contributed by atoms with van der Waals surface area (Å²) in [6, 6.07) is 0. The Kier molecular flexibility index (Phi) is 2.06. The molecule has 0 aliphatic heterocycles. The first-order chi connectivity index (χ1) is 5.08. The van der Waals surface area contributed by atoms with Crippen LogP contribution in [0.15, 0.2) is 11.6 Å². The first-order valence-corrected chi connectivity index (χ1v) is 3.93. The number of allylic oxidation sites excluding steroid dienone is 1. The monoisotopic (exact) mass is 150 g/mol. The maximum absolute atomic E-state index is 9.65. The summed E-state index contributed by atoms with van der Waals surface area (Å²) in [4.78, 5) is 0. The van der Waals surface area contributed by atoms with E-state index in [2.05, 4.69) is 12.0 Å². The van der Waals surface area contributed by atoms with Gasteiger partial charge in [-0.25, -0.2) is 0 Å². The largest absolute Gasteiger partial charge is 0.377 e. The molecule has 0 radical (unpaired) electrons. The van der Waals surface area contributed by atoms with Crippen LogP contribution in [-0.2, 0) is 0 Å². The molecule has 0 aromatic heterocycles. The molecule has 0 spiro atoms. The molecule has 0 heterocycles. The molecule has 1 nitrogen and oxygen atoms in total. The summed E-state index contributed by atoms with van der Waals surface area (Å²) in [6.45, 7) is 4.05. The highest BCUT2D eigenvalue weighted by atomic mass is 16.3. The normalized spacial score (nSPS) is 35.3. The number of hydrogen-bond acceptors (Lipinski definition) is 1. The summed E-state index contributed by atoms with van der Waals surface area (Å²) in [5.74, 6) is 2.64. The smallest absolute Gasteiger partial charge is 0.131 e. The summed E-state index contributed by atoms with van der Waals surface area (Å²) in [5.41, 5.74) is 0.389. The SMILES string of the molecule is C#CC1(O)CCC1C=C(C)C. The minimum atomic E-state index is -0.836. The third-order valence-corrected chi connectivity index (χ3v) is 2.23. The van der Waals surface area contributed by atoms with Crippen LogP contribution in [0, 0.1) is 18.3 Å². The van der Waals surface area contributed by atoms with Gasteiger partial charge in [0.05, 0.1) is 0 Å². The van der Waals surface area contributed by atoms with Crippen molar-refractivity contribution in [1.29, 1.82) is 0 Å². The zero-order valence-electron chi connectivity index (χ0n) is 7.09. The minimum absolute atomic E-state index is 0.192. The lowest BCUT2D eigenvalue weighted by molar-refractivity contribution is -0.0192. The van der Waals surface area contributed by atoms with Gasteiger partial charge < -0.3 is 5.11 Å². The van der Waals surface area contributed by atoms with E-state index in [1.807, 2.05) is 13.8 Å². The zero-order chi connectivity index (χ0) is 8.48. The van der Waals surface area contributed by atoms with Gasteiger partial charge in [-0.05, 0) is 26.7 Å². The Hall–Kier alpha value is -0.740. The predicted octanol–water partition coefficient (Wildman–Crippen LogP) is 1.73. The van der Waals surface area contributed by atoms with Gasteiger partial charge in [0.2, 0.25) is 0 Å². The molecule has 60 valence electrons. The van der Waals surface area contributed by atoms with E-state index in [0.717, 1.165) is 12.8 Å². The summed E-state index contributed by atoms with van der Waals surface area (Å²) in [5, 5.41) is 9.65. The number of hydrogen-bond donors (Lipinski definition) is 1. The van der Waals surface area contributed by atoms with Crippen molar-refractivity contribution in [3.8, 4) is 12.3 Å². The molecule has 2 unspecified atom stereocenters. The Bertz CT molecular complexity index is 218. The van der Waals surface area contributed by atoms with Gasteiger partial charge in [0, 0.05) is 5.92 Å². The lowest BCUT2D eigenvalue weighted by Crippen LogP contribution is -2.44. The Morgan fingerprint density at radius 1 is 1.73 bits per heavy atom.